The molecule has 0 unspecified atom stereocenters. The number of nitrogens with zero attached hydrogens (tertiary/aromatic N) is 2. The molecule has 3 aromatic rings. The standard InChI is InChI=1S/C20H20ClN3S/c21-24(15-17-5-2-1-3-6-17)13-12-16-8-10-18(11-9-16)23-20(22)19-7-4-14-25-19/h1-11,14H,12-13,15H2,(H2,22,23). The minimum atomic E-state index is 0.553. The molecule has 3 nitrogen and oxygen atoms in total. The van der Waals surface area contributed by atoms with Crippen LogP contribution in [-0.4, -0.2) is 16.8 Å². The molecule has 0 saturated carbocycles. The quantitative estimate of drug-likeness (QED) is 0.362. The predicted molar refractivity (Wildman–Crippen MR) is 108 cm³/mol. The second-order valence-electron chi connectivity index (χ2n) is 5.72. The van der Waals surface area contributed by atoms with E-state index < -0.39 is 0 Å². The lowest BCUT2D eigenvalue weighted by molar-refractivity contribution is 0.454. The zero-order valence-corrected chi connectivity index (χ0v) is 15.4. The molecule has 0 spiro atoms. The molecule has 0 atom stereocenters. The summed E-state index contributed by atoms with van der Waals surface area (Å²) in [6.45, 7) is 1.53. The van der Waals surface area contributed by atoms with Crippen molar-refractivity contribution in [1.82, 2.24) is 4.42 Å². The van der Waals surface area contributed by atoms with Gasteiger partial charge in [-0.25, -0.2) is 9.41 Å². The zero-order chi connectivity index (χ0) is 17.5. The van der Waals surface area contributed by atoms with E-state index >= 15 is 0 Å². The average molecular weight is 370 g/mol. The maximum atomic E-state index is 6.32. The summed E-state index contributed by atoms with van der Waals surface area (Å²) in [4.78, 5) is 5.45. The van der Waals surface area contributed by atoms with Crippen LogP contribution in [0.3, 0.4) is 0 Å². The summed E-state index contributed by atoms with van der Waals surface area (Å²) in [5.41, 5.74) is 9.32. The van der Waals surface area contributed by atoms with E-state index in [1.54, 1.807) is 11.3 Å². The van der Waals surface area contributed by atoms with Crippen LogP contribution in [-0.2, 0) is 13.0 Å². The molecule has 128 valence electrons. The van der Waals surface area contributed by atoms with Gasteiger partial charge in [-0.05, 0) is 52.9 Å². The second kappa shape index (κ2) is 8.81. The molecular formula is C20H20ClN3S. The molecule has 3 rings (SSSR count). The van der Waals surface area contributed by atoms with Crippen LogP contribution in [0.2, 0.25) is 0 Å². The lowest BCUT2D eigenvalue weighted by Crippen LogP contribution is -2.15. The van der Waals surface area contributed by atoms with Crippen LogP contribution >= 0.6 is 23.1 Å². The average Bonchev–Trinajstić information content (AvgIpc) is 3.17. The maximum Gasteiger partial charge on any atom is 0.141 e. The summed E-state index contributed by atoms with van der Waals surface area (Å²) in [5, 5.41) is 1.99. The first-order valence-electron chi connectivity index (χ1n) is 8.12. The van der Waals surface area contributed by atoms with Crippen LogP contribution < -0.4 is 5.73 Å². The van der Waals surface area contributed by atoms with E-state index in [4.69, 9.17) is 17.5 Å². The van der Waals surface area contributed by atoms with Gasteiger partial charge in [-0.2, -0.15) is 0 Å². The number of rotatable bonds is 7. The first kappa shape index (κ1) is 17.7. The molecule has 0 amide bonds. The van der Waals surface area contributed by atoms with E-state index in [1.807, 2.05) is 52.3 Å². The van der Waals surface area contributed by atoms with Gasteiger partial charge in [-0.3, -0.25) is 0 Å². The lowest BCUT2D eigenvalue weighted by atomic mass is 10.1. The Labute approximate surface area is 157 Å². The fraction of sp³-hybridized carbons (Fsp3) is 0.150. The monoisotopic (exact) mass is 369 g/mol. The molecule has 0 aliphatic carbocycles. The highest BCUT2D eigenvalue weighted by Crippen LogP contribution is 2.17. The molecule has 2 N–H and O–H groups in total. The fourth-order valence-electron chi connectivity index (χ4n) is 2.47. The summed E-state index contributed by atoms with van der Waals surface area (Å²) in [6, 6.07) is 22.3. The third kappa shape index (κ3) is 5.43. The van der Waals surface area contributed by atoms with Gasteiger partial charge in [0.1, 0.15) is 5.84 Å². The highest BCUT2D eigenvalue weighted by Gasteiger charge is 2.04. The van der Waals surface area contributed by atoms with Crippen molar-refractivity contribution in [2.75, 3.05) is 6.54 Å². The van der Waals surface area contributed by atoms with Crippen LogP contribution in [0.15, 0.2) is 77.1 Å². The smallest absolute Gasteiger partial charge is 0.141 e. The largest absolute Gasteiger partial charge is 0.383 e. The molecular weight excluding hydrogens is 350 g/mol. The number of halogens is 1. The molecule has 0 radical (unpaired) electrons. The Morgan fingerprint density at radius 2 is 1.72 bits per heavy atom. The van der Waals surface area contributed by atoms with Gasteiger partial charge >= 0.3 is 0 Å². The molecule has 0 saturated heterocycles. The van der Waals surface area contributed by atoms with Crippen molar-refractivity contribution in [1.29, 1.82) is 0 Å². The Morgan fingerprint density at radius 3 is 2.40 bits per heavy atom. The maximum absolute atomic E-state index is 6.32. The minimum Gasteiger partial charge on any atom is -0.383 e. The Balaban J connectivity index is 1.53. The van der Waals surface area contributed by atoms with Gasteiger partial charge in [-0.15, -0.1) is 11.3 Å². The van der Waals surface area contributed by atoms with Crippen molar-refractivity contribution in [2.45, 2.75) is 13.0 Å². The first-order chi connectivity index (χ1) is 12.2. The molecule has 0 aliphatic rings. The van der Waals surface area contributed by atoms with Crippen molar-refractivity contribution in [3.8, 4) is 0 Å². The van der Waals surface area contributed by atoms with E-state index in [2.05, 4.69) is 29.3 Å². The van der Waals surface area contributed by atoms with Crippen LogP contribution in [0.5, 0.6) is 0 Å². The van der Waals surface area contributed by atoms with Crippen molar-refractivity contribution in [3.05, 3.63) is 88.1 Å². The molecule has 0 aliphatic heterocycles. The lowest BCUT2D eigenvalue weighted by Gasteiger charge is -2.13. The van der Waals surface area contributed by atoms with Crippen LogP contribution in [0.4, 0.5) is 5.69 Å². The van der Waals surface area contributed by atoms with Gasteiger partial charge in [0.25, 0.3) is 0 Å². The van der Waals surface area contributed by atoms with Crippen LogP contribution in [0, 0.1) is 0 Å². The Morgan fingerprint density at radius 1 is 0.960 bits per heavy atom. The molecule has 1 heterocycles. The van der Waals surface area contributed by atoms with Crippen LogP contribution in [0.25, 0.3) is 0 Å². The van der Waals surface area contributed by atoms with Gasteiger partial charge in [0.15, 0.2) is 0 Å². The normalized spacial score (nSPS) is 11.8. The van der Waals surface area contributed by atoms with Crippen molar-refractivity contribution in [3.63, 3.8) is 0 Å². The van der Waals surface area contributed by atoms with Gasteiger partial charge in [-0.1, -0.05) is 48.5 Å². The van der Waals surface area contributed by atoms with Crippen LogP contribution in [0.1, 0.15) is 16.0 Å². The molecule has 5 heteroatoms. The van der Waals surface area contributed by atoms with E-state index in [-0.39, 0.29) is 0 Å². The first-order valence-corrected chi connectivity index (χ1v) is 9.34. The number of benzene rings is 2. The third-order valence-electron chi connectivity index (χ3n) is 3.80. The molecule has 0 fully saturated rings. The summed E-state index contributed by atoms with van der Waals surface area (Å²) < 4.78 is 1.82. The summed E-state index contributed by atoms with van der Waals surface area (Å²) in [5.74, 6) is 0.553. The summed E-state index contributed by atoms with van der Waals surface area (Å²) >= 11 is 7.91. The van der Waals surface area contributed by atoms with Gasteiger partial charge < -0.3 is 5.73 Å². The van der Waals surface area contributed by atoms with Gasteiger partial charge in [0, 0.05) is 13.1 Å². The minimum absolute atomic E-state index is 0.553. The Bertz CT molecular complexity index is 799. The number of hydrogen-bond acceptors (Lipinski definition) is 3. The molecule has 25 heavy (non-hydrogen) atoms. The summed E-state index contributed by atoms with van der Waals surface area (Å²) in [7, 11) is 0. The number of amidine groups is 1. The second-order valence-corrected chi connectivity index (χ2v) is 7.15. The number of nitrogens with two attached hydrogens (primary N) is 1. The highest BCUT2D eigenvalue weighted by molar-refractivity contribution is 7.12. The molecule has 0 bridgehead atoms. The SMILES string of the molecule is NC(=Nc1ccc(CCN(Cl)Cc2ccccc2)cc1)c1cccs1. The molecule has 2 aromatic carbocycles. The zero-order valence-electron chi connectivity index (χ0n) is 13.8. The van der Waals surface area contributed by atoms with Crippen molar-refractivity contribution >= 4 is 34.6 Å². The topological polar surface area (TPSA) is 41.6 Å². The van der Waals surface area contributed by atoms with E-state index in [1.165, 1.54) is 11.1 Å². The van der Waals surface area contributed by atoms with Crippen molar-refractivity contribution in [2.24, 2.45) is 10.7 Å². The van der Waals surface area contributed by atoms with E-state index in [0.29, 0.717) is 5.84 Å². The van der Waals surface area contributed by atoms with E-state index in [9.17, 15) is 0 Å². The fourth-order valence-corrected chi connectivity index (χ4v) is 3.32. The van der Waals surface area contributed by atoms with Crippen molar-refractivity contribution < 1.29 is 0 Å². The molecule has 1 aromatic heterocycles. The third-order valence-corrected chi connectivity index (χ3v) is 4.98. The van der Waals surface area contributed by atoms with Gasteiger partial charge in [0.05, 0.1) is 10.6 Å². The number of aliphatic imine (C=N–C) groups is 1. The summed E-state index contributed by atoms with van der Waals surface area (Å²) in [6.07, 6.45) is 0.890. The van der Waals surface area contributed by atoms with Gasteiger partial charge in [0.2, 0.25) is 0 Å². The highest BCUT2D eigenvalue weighted by atomic mass is 35.5. The Hall–Kier alpha value is -2.14. The predicted octanol–water partition coefficient (Wildman–Crippen LogP) is 4.98. The number of hydrogen-bond donors (Lipinski definition) is 1. The Kier molecular flexibility index (Phi) is 6.23. The van der Waals surface area contributed by atoms with E-state index in [0.717, 1.165) is 30.1 Å². The number of thiophene rings is 1.